The minimum absolute atomic E-state index is 0.00610. The van der Waals surface area contributed by atoms with Crippen molar-refractivity contribution in [3.05, 3.63) is 96.3 Å². The highest BCUT2D eigenvalue weighted by Crippen LogP contribution is 2.39. The largest absolute Gasteiger partial charge is 0.493 e. The summed E-state index contributed by atoms with van der Waals surface area (Å²) in [6, 6.07) is 16.9. The fourth-order valence-electron chi connectivity index (χ4n) is 3.51. The summed E-state index contributed by atoms with van der Waals surface area (Å²) in [5.74, 6) is 0.786. The van der Waals surface area contributed by atoms with Crippen molar-refractivity contribution in [3.63, 3.8) is 0 Å². The van der Waals surface area contributed by atoms with Crippen molar-refractivity contribution in [3.8, 4) is 11.5 Å². The molecule has 0 bridgehead atoms. The maximum Gasteiger partial charge on any atom is 0.269 e. The van der Waals surface area contributed by atoms with Gasteiger partial charge in [0.15, 0.2) is 16.7 Å². The van der Waals surface area contributed by atoms with Gasteiger partial charge >= 0.3 is 0 Å². The zero-order valence-electron chi connectivity index (χ0n) is 19.8. The molecule has 1 aliphatic rings. The van der Waals surface area contributed by atoms with Gasteiger partial charge in [-0.1, -0.05) is 23.7 Å². The van der Waals surface area contributed by atoms with Crippen molar-refractivity contribution in [1.82, 2.24) is 4.90 Å². The van der Waals surface area contributed by atoms with Gasteiger partial charge in [-0.3, -0.25) is 19.8 Å². The van der Waals surface area contributed by atoms with E-state index in [2.05, 4.69) is 20.9 Å². The number of hydrogen-bond acceptors (Lipinski definition) is 7. The zero-order chi connectivity index (χ0) is 26.5. The van der Waals surface area contributed by atoms with Gasteiger partial charge in [0, 0.05) is 28.7 Å². The van der Waals surface area contributed by atoms with Crippen LogP contribution in [0.3, 0.4) is 0 Å². The first-order chi connectivity index (χ1) is 17.8. The standard InChI is InChI=1S/C26H21BrClN3O5S/c1-3-30-25(32)23(37-26(30)29-18-9-12-20(27)21(28)14-18)13-17-5-4-6-22(35-2)24(17)36-15-16-7-10-19(11-8-16)31(33)34/h4-14H,3,15H2,1-2H3/b23-13+,29-26?. The Labute approximate surface area is 231 Å². The van der Waals surface area contributed by atoms with E-state index in [9.17, 15) is 14.9 Å². The molecule has 0 radical (unpaired) electrons. The summed E-state index contributed by atoms with van der Waals surface area (Å²) in [4.78, 5) is 30.4. The number of carbonyl (C=O) groups excluding carboxylic acids is 1. The molecule has 37 heavy (non-hydrogen) atoms. The van der Waals surface area contributed by atoms with Gasteiger partial charge in [0.25, 0.3) is 11.6 Å². The van der Waals surface area contributed by atoms with E-state index in [4.69, 9.17) is 21.1 Å². The number of methoxy groups -OCH3 is 1. The van der Waals surface area contributed by atoms with E-state index in [1.807, 2.05) is 25.1 Å². The van der Waals surface area contributed by atoms with Gasteiger partial charge in [-0.15, -0.1) is 0 Å². The number of hydrogen-bond donors (Lipinski definition) is 0. The number of nitrogens with zero attached hydrogens (tertiary/aromatic N) is 3. The third-order valence-corrected chi connectivity index (χ3v) is 7.62. The highest BCUT2D eigenvalue weighted by Gasteiger charge is 2.32. The van der Waals surface area contributed by atoms with Gasteiger partial charge in [0.1, 0.15) is 6.61 Å². The SMILES string of the molecule is CCN1C(=O)/C(=C\c2cccc(OC)c2OCc2ccc([N+](=O)[O-])cc2)SC1=Nc1ccc(Br)c(Cl)c1. The van der Waals surface area contributed by atoms with Crippen LogP contribution in [0.25, 0.3) is 6.08 Å². The Kier molecular flexibility index (Phi) is 8.52. The fraction of sp³-hybridized carbons (Fsp3) is 0.154. The lowest BCUT2D eigenvalue weighted by Gasteiger charge is -2.14. The molecule has 1 aliphatic heterocycles. The van der Waals surface area contributed by atoms with Crippen LogP contribution < -0.4 is 9.47 Å². The molecule has 0 atom stereocenters. The number of aliphatic imine (C=N–C) groups is 1. The van der Waals surface area contributed by atoms with Crippen molar-refractivity contribution in [2.45, 2.75) is 13.5 Å². The topological polar surface area (TPSA) is 94.3 Å². The van der Waals surface area contributed by atoms with Crippen molar-refractivity contribution in [1.29, 1.82) is 0 Å². The number of para-hydroxylation sites is 1. The van der Waals surface area contributed by atoms with Crippen molar-refractivity contribution >= 4 is 67.8 Å². The van der Waals surface area contributed by atoms with Gasteiger partial charge in [-0.25, -0.2) is 4.99 Å². The number of amides is 1. The van der Waals surface area contributed by atoms with E-state index < -0.39 is 4.92 Å². The van der Waals surface area contributed by atoms with E-state index in [-0.39, 0.29) is 18.2 Å². The average molecular weight is 603 g/mol. The molecule has 0 spiro atoms. The quantitative estimate of drug-likeness (QED) is 0.153. The Balaban J connectivity index is 1.63. The maximum atomic E-state index is 13.2. The number of benzene rings is 3. The number of halogens is 2. The third kappa shape index (κ3) is 6.15. The smallest absolute Gasteiger partial charge is 0.269 e. The first-order valence-corrected chi connectivity index (χ1v) is 13.1. The summed E-state index contributed by atoms with van der Waals surface area (Å²) >= 11 is 10.8. The number of thioether (sulfide) groups is 1. The number of non-ortho nitro benzene ring substituents is 1. The van der Waals surface area contributed by atoms with Crippen molar-refractivity contribution in [2.75, 3.05) is 13.7 Å². The summed E-state index contributed by atoms with van der Waals surface area (Å²) in [5, 5.41) is 12.0. The Morgan fingerprint density at radius 1 is 1.19 bits per heavy atom. The van der Waals surface area contributed by atoms with E-state index in [1.165, 1.54) is 31.0 Å². The average Bonchev–Trinajstić information content (AvgIpc) is 3.18. The van der Waals surface area contributed by atoms with E-state index >= 15 is 0 Å². The highest BCUT2D eigenvalue weighted by molar-refractivity contribution is 9.10. The molecular weight excluding hydrogens is 582 g/mol. The number of ether oxygens (including phenoxy) is 2. The van der Waals surface area contributed by atoms with Gasteiger partial charge < -0.3 is 9.47 Å². The molecule has 3 aromatic carbocycles. The van der Waals surface area contributed by atoms with Crippen molar-refractivity contribution < 1.29 is 19.2 Å². The maximum absolute atomic E-state index is 13.2. The third-order valence-electron chi connectivity index (χ3n) is 5.38. The Hall–Kier alpha value is -3.34. The van der Waals surface area contributed by atoms with Gasteiger partial charge in [-0.2, -0.15) is 0 Å². The second-order valence-electron chi connectivity index (χ2n) is 7.74. The van der Waals surface area contributed by atoms with Gasteiger partial charge in [0.05, 0.1) is 27.6 Å². The van der Waals surface area contributed by atoms with Crippen LogP contribution >= 0.6 is 39.3 Å². The second-order valence-corrected chi connectivity index (χ2v) is 10.0. The summed E-state index contributed by atoms with van der Waals surface area (Å²) in [5.41, 5.74) is 2.05. The molecule has 11 heteroatoms. The molecule has 1 amide bonds. The summed E-state index contributed by atoms with van der Waals surface area (Å²) in [6.07, 6.45) is 1.75. The van der Waals surface area contributed by atoms with Crippen LogP contribution in [-0.2, 0) is 11.4 Å². The molecule has 0 unspecified atom stereocenters. The minimum atomic E-state index is -0.450. The molecule has 1 fully saturated rings. The lowest BCUT2D eigenvalue weighted by Crippen LogP contribution is -2.28. The number of rotatable bonds is 8. The van der Waals surface area contributed by atoms with Crippen LogP contribution in [0.5, 0.6) is 11.5 Å². The van der Waals surface area contributed by atoms with Gasteiger partial charge in [0.2, 0.25) is 0 Å². The minimum Gasteiger partial charge on any atom is -0.493 e. The number of nitro groups is 1. The van der Waals surface area contributed by atoms with Crippen LogP contribution in [0.15, 0.2) is 75.0 Å². The first kappa shape index (κ1) is 26.7. The molecule has 0 N–H and O–H groups in total. The van der Waals surface area contributed by atoms with Crippen LogP contribution in [0.4, 0.5) is 11.4 Å². The number of likely N-dealkylation sites (N-methyl/N-ethyl adjacent to an activating group) is 1. The fourth-order valence-corrected chi connectivity index (χ4v) is 4.98. The van der Waals surface area contributed by atoms with Crippen LogP contribution in [-0.4, -0.2) is 34.6 Å². The summed E-state index contributed by atoms with van der Waals surface area (Å²) < 4.78 is 12.3. The Bertz CT molecular complexity index is 1410. The molecule has 0 aromatic heterocycles. The number of nitro benzene ring substituents is 1. The molecule has 8 nitrogen and oxygen atoms in total. The molecule has 0 saturated carbocycles. The van der Waals surface area contributed by atoms with E-state index in [1.54, 1.807) is 41.3 Å². The molecule has 190 valence electrons. The Morgan fingerprint density at radius 2 is 1.95 bits per heavy atom. The highest BCUT2D eigenvalue weighted by atomic mass is 79.9. The molecule has 4 rings (SSSR count). The predicted octanol–water partition coefficient (Wildman–Crippen LogP) is 7.22. The molecule has 3 aromatic rings. The molecule has 1 saturated heterocycles. The summed E-state index contributed by atoms with van der Waals surface area (Å²) in [7, 11) is 1.54. The van der Waals surface area contributed by atoms with Crippen LogP contribution in [0, 0.1) is 10.1 Å². The lowest BCUT2D eigenvalue weighted by molar-refractivity contribution is -0.384. The Morgan fingerprint density at radius 3 is 2.59 bits per heavy atom. The van der Waals surface area contributed by atoms with E-state index in [0.717, 1.165) is 10.0 Å². The van der Waals surface area contributed by atoms with E-state index in [0.29, 0.717) is 44.4 Å². The predicted molar refractivity (Wildman–Crippen MR) is 150 cm³/mol. The number of carbonyl (C=O) groups is 1. The second kappa shape index (κ2) is 11.8. The first-order valence-electron chi connectivity index (χ1n) is 11.1. The van der Waals surface area contributed by atoms with Gasteiger partial charge in [-0.05, 0) is 82.7 Å². The number of amidine groups is 1. The van der Waals surface area contributed by atoms with Crippen LogP contribution in [0.1, 0.15) is 18.1 Å². The zero-order valence-corrected chi connectivity index (χ0v) is 23.0. The molecule has 0 aliphatic carbocycles. The normalized spacial score (nSPS) is 15.5. The van der Waals surface area contributed by atoms with Crippen LogP contribution in [0.2, 0.25) is 5.02 Å². The summed E-state index contributed by atoms with van der Waals surface area (Å²) in [6.45, 7) is 2.50. The molecule has 1 heterocycles. The lowest BCUT2D eigenvalue weighted by atomic mass is 10.1. The van der Waals surface area contributed by atoms with Crippen molar-refractivity contribution in [2.24, 2.45) is 4.99 Å². The molecular formula is C26H21BrClN3O5S. The monoisotopic (exact) mass is 601 g/mol.